The number of carbonyl (C=O) groups is 1. The number of fused-ring (bicyclic) bond motifs is 5. The topological polar surface area (TPSA) is 76.8 Å². The SMILES string of the molecule is CCN(C[C@@]12CC[C@@H](c3cc(-c4c(F)cccc4F)nnc31)C2(C)C)C(=O)c1ccc(-n2ccnc2)nc1. The van der Waals surface area contributed by atoms with Crippen LogP contribution in [-0.2, 0) is 5.41 Å². The average Bonchev–Trinajstić information content (AvgIpc) is 3.58. The van der Waals surface area contributed by atoms with Crippen LogP contribution in [0.2, 0.25) is 0 Å². The van der Waals surface area contributed by atoms with Crippen LogP contribution in [0.5, 0.6) is 0 Å². The number of hydrogen-bond acceptors (Lipinski definition) is 5. The Hall–Kier alpha value is -4.01. The van der Waals surface area contributed by atoms with Crippen molar-refractivity contribution in [3.63, 3.8) is 0 Å². The lowest BCUT2D eigenvalue weighted by molar-refractivity contribution is 0.0652. The first-order valence-electron chi connectivity index (χ1n) is 12.8. The zero-order chi connectivity index (χ0) is 26.7. The largest absolute Gasteiger partial charge is 0.338 e. The summed E-state index contributed by atoms with van der Waals surface area (Å²) >= 11 is 0. The van der Waals surface area contributed by atoms with E-state index >= 15 is 0 Å². The Morgan fingerprint density at radius 1 is 1.16 bits per heavy atom. The third-order valence-electron chi connectivity index (χ3n) is 8.73. The summed E-state index contributed by atoms with van der Waals surface area (Å²) in [6.07, 6.45) is 8.50. The maximum atomic E-state index is 14.5. The van der Waals surface area contributed by atoms with Gasteiger partial charge >= 0.3 is 0 Å². The lowest BCUT2D eigenvalue weighted by Crippen LogP contribution is -2.48. The molecule has 0 spiro atoms. The van der Waals surface area contributed by atoms with Crippen LogP contribution in [0.3, 0.4) is 0 Å². The predicted molar refractivity (Wildman–Crippen MR) is 138 cm³/mol. The van der Waals surface area contributed by atoms with Gasteiger partial charge in [-0.3, -0.25) is 9.36 Å². The first-order valence-corrected chi connectivity index (χ1v) is 12.8. The van der Waals surface area contributed by atoms with E-state index < -0.39 is 17.0 Å². The molecule has 1 amide bonds. The van der Waals surface area contributed by atoms with Gasteiger partial charge in [-0.05, 0) is 67.0 Å². The molecule has 2 aliphatic rings. The van der Waals surface area contributed by atoms with E-state index in [1.54, 1.807) is 47.7 Å². The van der Waals surface area contributed by atoms with Gasteiger partial charge in [0.15, 0.2) is 0 Å². The maximum absolute atomic E-state index is 14.5. The van der Waals surface area contributed by atoms with Crippen LogP contribution < -0.4 is 0 Å². The van der Waals surface area contributed by atoms with Crippen molar-refractivity contribution in [2.75, 3.05) is 13.1 Å². The Labute approximate surface area is 219 Å². The van der Waals surface area contributed by atoms with E-state index in [0.29, 0.717) is 24.5 Å². The fourth-order valence-electron chi connectivity index (χ4n) is 6.54. The molecule has 4 aromatic rings. The van der Waals surface area contributed by atoms with Gasteiger partial charge in [-0.15, -0.1) is 0 Å². The molecule has 2 aliphatic carbocycles. The zero-order valence-corrected chi connectivity index (χ0v) is 21.5. The van der Waals surface area contributed by atoms with Gasteiger partial charge in [0.2, 0.25) is 0 Å². The van der Waals surface area contributed by atoms with Crippen LogP contribution in [0.1, 0.15) is 61.1 Å². The van der Waals surface area contributed by atoms with Crippen LogP contribution in [0, 0.1) is 17.0 Å². The number of pyridine rings is 1. The van der Waals surface area contributed by atoms with Gasteiger partial charge in [-0.1, -0.05) is 19.9 Å². The smallest absolute Gasteiger partial charge is 0.255 e. The Bertz CT molecular complexity index is 1500. The Kier molecular flexibility index (Phi) is 5.63. The van der Waals surface area contributed by atoms with E-state index in [4.69, 9.17) is 0 Å². The highest BCUT2D eigenvalue weighted by Gasteiger charge is 2.64. The molecule has 1 fully saturated rings. The first kappa shape index (κ1) is 24.3. The normalized spacial score (nSPS) is 20.9. The molecule has 2 bridgehead atoms. The Morgan fingerprint density at radius 2 is 1.95 bits per heavy atom. The highest BCUT2D eigenvalue weighted by Crippen LogP contribution is 2.67. The summed E-state index contributed by atoms with van der Waals surface area (Å²) in [6.45, 7) is 7.37. The quantitative estimate of drug-likeness (QED) is 0.348. The second-order valence-corrected chi connectivity index (χ2v) is 10.7. The third kappa shape index (κ3) is 3.48. The van der Waals surface area contributed by atoms with E-state index in [1.807, 2.05) is 11.8 Å². The number of benzene rings is 1. The van der Waals surface area contributed by atoms with Gasteiger partial charge in [0.1, 0.15) is 23.8 Å². The standard InChI is InChI=1S/C29H28F2N6O/c1-4-36(27(38)18-8-9-24(33-15-18)37-13-12-32-17-37)16-29-11-10-20(28(29,2)3)19-14-23(34-35-26(19)29)25-21(30)6-5-7-22(25)31/h5-9,12-15,17,20H,4,10-11,16H2,1-3H3/t20-,29-/m0/s1. The highest BCUT2D eigenvalue weighted by atomic mass is 19.1. The molecule has 3 heterocycles. The number of aromatic nitrogens is 5. The van der Waals surface area contributed by atoms with Crippen molar-refractivity contribution in [1.82, 2.24) is 29.6 Å². The van der Waals surface area contributed by atoms with Crippen molar-refractivity contribution in [3.05, 3.63) is 89.8 Å². The van der Waals surface area contributed by atoms with Crippen molar-refractivity contribution < 1.29 is 13.6 Å². The second-order valence-electron chi connectivity index (χ2n) is 10.7. The molecule has 6 rings (SSSR count). The van der Waals surface area contributed by atoms with Gasteiger partial charge in [0.05, 0.1) is 22.5 Å². The number of rotatable bonds is 6. The molecule has 1 aromatic carbocycles. The van der Waals surface area contributed by atoms with Gasteiger partial charge in [0.25, 0.3) is 5.91 Å². The molecule has 9 heteroatoms. The molecule has 0 N–H and O–H groups in total. The number of likely N-dealkylation sites (N-methyl/N-ethyl adjacent to an activating group) is 1. The molecule has 0 saturated heterocycles. The van der Waals surface area contributed by atoms with E-state index in [9.17, 15) is 13.6 Å². The summed E-state index contributed by atoms with van der Waals surface area (Å²) in [5.74, 6) is -0.579. The van der Waals surface area contributed by atoms with Crippen molar-refractivity contribution in [3.8, 4) is 17.1 Å². The molecule has 0 radical (unpaired) electrons. The molecule has 1 saturated carbocycles. The van der Waals surface area contributed by atoms with Crippen LogP contribution in [0.25, 0.3) is 17.1 Å². The van der Waals surface area contributed by atoms with Crippen molar-refractivity contribution >= 4 is 5.91 Å². The molecule has 194 valence electrons. The molecule has 3 aromatic heterocycles. The molecule has 0 aliphatic heterocycles. The van der Waals surface area contributed by atoms with Crippen LogP contribution in [0.15, 0.2) is 61.3 Å². The number of hydrogen-bond donors (Lipinski definition) is 0. The first-order chi connectivity index (χ1) is 18.3. The molecule has 2 atom stereocenters. The molecule has 7 nitrogen and oxygen atoms in total. The van der Waals surface area contributed by atoms with E-state index in [0.717, 1.165) is 24.1 Å². The van der Waals surface area contributed by atoms with Gasteiger partial charge < -0.3 is 4.90 Å². The van der Waals surface area contributed by atoms with E-state index in [-0.39, 0.29) is 28.5 Å². The second kappa shape index (κ2) is 8.79. The van der Waals surface area contributed by atoms with Gasteiger partial charge in [0, 0.05) is 37.1 Å². The molecule has 0 unspecified atom stereocenters. The molecule has 38 heavy (non-hydrogen) atoms. The number of amides is 1. The maximum Gasteiger partial charge on any atom is 0.255 e. The summed E-state index contributed by atoms with van der Waals surface area (Å²) in [7, 11) is 0. The predicted octanol–water partition coefficient (Wildman–Crippen LogP) is 5.32. The minimum Gasteiger partial charge on any atom is -0.338 e. The van der Waals surface area contributed by atoms with Gasteiger partial charge in [-0.2, -0.15) is 10.2 Å². The number of imidazole rings is 1. The van der Waals surface area contributed by atoms with Crippen molar-refractivity contribution in [1.29, 1.82) is 0 Å². The fourth-order valence-corrected chi connectivity index (χ4v) is 6.54. The Morgan fingerprint density at radius 3 is 2.61 bits per heavy atom. The molecular weight excluding hydrogens is 486 g/mol. The third-order valence-corrected chi connectivity index (χ3v) is 8.73. The minimum atomic E-state index is -0.660. The van der Waals surface area contributed by atoms with Crippen molar-refractivity contribution in [2.24, 2.45) is 5.41 Å². The van der Waals surface area contributed by atoms with Crippen LogP contribution in [0.4, 0.5) is 8.78 Å². The highest BCUT2D eigenvalue weighted by molar-refractivity contribution is 5.94. The minimum absolute atomic E-state index is 0.0998. The van der Waals surface area contributed by atoms with Crippen molar-refractivity contribution in [2.45, 2.75) is 44.9 Å². The molecular formula is C29H28F2N6O. The number of halogens is 2. The summed E-state index contributed by atoms with van der Waals surface area (Å²) in [5.41, 5.74) is 1.73. The van der Waals surface area contributed by atoms with E-state index in [1.165, 1.54) is 18.2 Å². The number of nitrogens with zero attached hydrogens (tertiary/aromatic N) is 6. The monoisotopic (exact) mass is 514 g/mol. The lowest BCUT2D eigenvalue weighted by atomic mass is 9.68. The zero-order valence-electron chi connectivity index (χ0n) is 21.5. The number of carbonyl (C=O) groups excluding carboxylic acids is 1. The van der Waals surface area contributed by atoms with Crippen LogP contribution >= 0.6 is 0 Å². The lowest BCUT2D eigenvalue weighted by Gasteiger charge is -2.41. The van der Waals surface area contributed by atoms with Gasteiger partial charge in [-0.25, -0.2) is 18.7 Å². The Balaban J connectivity index is 1.33. The average molecular weight is 515 g/mol. The van der Waals surface area contributed by atoms with E-state index in [2.05, 4.69) is 34.0 Å². The summed E-state index contributed by atoms with van der Waals surface area (Å²) in [6, 6.07) is 9.18. The summed E-state index contributed by atoms with van der Waals surface area (Å²) in [4.78, 5) is 23.9. The van der Waals surface area contributed by atoms with Crippen LogP contribution in [-0.4, -0.2) is 48.6 Å². The summed E-state index contributed by atoms with van der Waals surface area (Å²) in [5, 5.41) is 8.88. The summed E-state index contributed by atoms with van der Waals surface area (Å²) < 4.78 is 30.8. The fraction of sp³-hybridized carbons (Fsp3) is 0.345.